The first-order valence-corrected chi connectivity index (χ1v) is 11.5. The van der Waals surface area contributed by atoms with E-state index in [1.165, 1.54) is 20.8 Å². The van der Waals surface area contributed by atoms with Gasteiger partial charge in [-0.3, -0.25) is 18.3 Å². The molecule has 2 atom stereocenters. The summed E-state index contributed by atoms with van der Waals surface area (Å²) in [6.07, 6.45) is 0.151. The molecule has 1 aromatic carbocycles. The third kappa shape index (κ3) is 8.41. The summed E-state index contributed by atoms with van der Waals surface area (Å²) in [5.41, 5.74) is -2.73. The zero-order valence-corrected chi connectivity index (χ0v) is 17.8. The summed E-state index contributed by atoms with van der Waals surface area (Å²) in [6.45, 7) is 3.93. The molecule has 0 aliphatic carbocycles. The van der Waals surface area contributed by atoms with Crippen LogP contribution in [0.1, 0.15) is 27.2 Å². The predicted octanol–water partition coefficient (Wildman–Crippen LogP) is 1.89. The van der Waals surface area contributed by atoms with Crippen LogP contribution in [0.15, 0.2) is 30.3 Å². The first-order valence-electron chi connectivity index (χ1n) is 8.56. The molecular weight excluding hydrogens is 409 g/mol. The van der Waals surface area contributed by atoms with Crippen LogP contribution in [0.25, 0.3) is 0 Å². The number of amides is 1. The summed E-state index contributed by atoms with van der Waals surface area (Å²) >= 11 is 0. The first kappa shape index (κ1) is 24.1. The SMILES string of the molecule is CC(=O)NCCCS(=O)(=O)OCC(C)(C)[C@H](C(=O)O)[PH](=O)Oc1ccccc1. The number of carboxylic acid groups (broad SMARTS) is 1. The Kier molecular flexibility index (Phi) is 9.13. The molecular formula is C17H26NO8PS. The second kappa shape index (κ2) is 10.6. The van der Waals surface area contributed by atoms with E-state index in [4.69, 9.17) is 8.71 Å². The van der Waals surface area contributed by atoms with Crippen molar-refractivity contribution in [3.05, 3.63) is 30.3 Å². The molecule has 0 radical (unpaired) electrons. The second-order valence-corrected chi connectivity index (χ2v) is 10.0. The highest BCUT2D eigenvalue weighted by atomic mass is 32.2. The van der Waals surface area contributed by atoms with E-state index in [1.54, 1.807) is 30.3 Å². The van der Waals surface area contributed by atoms with E-state index < -0.39 is 41.8 Å². The average Bonchev–Trinajstić information content (AvgIpc) is 2.57. The van der Waals surface area contributed by atoms with Crippen LogP contribution in [-0.2, 0) is 28.5 Å². The van der Waals surface area contributed by atoms with E-state index in [0.717, 1.165) is 0 Å². The molecule has 11 heteroatoms. The van der Waals surface area contributed by atoms with Crippen LogP contribution >= 0.6 is 8.03 Å². The predicted molar refractivity (Wildman–Crippen MR) is 104 cm³/mol. The number of para-hydroxylation sites is 1. The van der Waals surface area contributed by atoms with E-state index in [2.05, 4.69) is 5.32 Å². The highest BCUT2D eigenvalue weighted by Crippen LogP contribution is 2.42. The quantitative estimate of drug-likeness (QED) is 0.289. The van der Waals surface area contributed by atoms with E-state index in [1.807, 2.05) is 0 Å². The Morgan fingerprint density at radius 3 is 2.39 bits per heavy atom. The third-order valence-corrected chi connectivity index (χ3v) is 6.98. The molecule has 28 heavy (non-hydrogen) atoms. The molecule has 0 aliphatic rings. The molecule has 9 nitrogen and oxygen atoms in total. The van der Waals surface area contributed by atoms with Gasteiger partial charge in [-0.1, -0.05) is 32.0 Å². The van der Waals surface area contributed by atoms with Crippen LogP contribution in [0.5, 0.6) is 5.75 Å². The summed E-state index contributed by atoms with van der Waals surface area (Å²) in [7, 11) is -7.04. The fourth-order valence-corrected chi connectivity index (χ4v) is 4.82. The van der Waals surface area contributed by atoms with Crippen LogP contribution in [0.4, 0.5) is 0 Å². The van der Waals surface area contributed by atoms with Crippen molar-refractivity contribution in [1.29, 1.82) is 0 Å². The van der Waals surface area contributed by atoms with E-state index in [9.17, 15) is 27.7 Å². The highest BCUT2D eigenvalue weighted by Gasteiger charge is 2.42. The van der Waals surface area contributed by atoms with Crippen molar-refractivity contribution >= 4 is 30.0 Å². The highest BCUT2D eigenvalue weighted by molar-refractivity contribution is 7.86. The average molecular weight is 435 g/mol. The molecule has 1 rings (SSSR count). The maximum atomic E-state index is 12.5. The fraction of sp³-hybridized carbons (Fsp3) is 0.529. The Hall–Kier alpha value is -1.90. The molecule has 158 valence electrons. The Labute approximate surface area is 165 Å². The van der Waals surface area contributed by atoms with Crippen molar-refractivity contribution in [2.45, 2.75) is 32.9 Å². The number of hydrogen-bond donors (Lipinski definition) is 2. The van der Waals surface area contributed by atoms with Crippen molar-refractivity contribution in [2.75, 3.05) is 18.9 Å². The van der Waals surface area contributed by atoms with Crippen LogP contribution in [0.2, 0.25) is 0 Å². The molecule has 2 N–H and O–H groups in total. The number of nitrogens with one attached hydrogen (secondary N) is 1. The number of carbonyl (C=O) groups excluding carboxylic acids is 1. The largest absolute Gasteiger partial charge is 0.481 e. The molecule has 1 aromatic rings. The van der Waals surface area contributed by atoms with Gasteiger partial charge in [0.1, 0.15) is 11.4 Å². The molecule has 0 heterocycles. The number of hydrogen-bond acceptors (Lipinski definition) is 7. The van der Waals surface area contributed by atoms with Gasteiger partial charge in [-0.25, -0.2) is 0 Å². The monoisotopic (exact) mass is 435 g/mol. The summed E-state index contributed by atoms with van der Waals surface area (Å²) in [5.74, 6) is -1.71. The van der Waals surface area contributed by atoms with Gasteiger partial charge < -0.3 is 14.9 Å². The Morgan fingerprint density at radius 2 is 1.86 bits per heavy atom. The first-order chi connectivity index (χ1) is 12.9. The molecule has 0 aliphatic heterocycles. The van der Waals surface area contributed by atoms with Gasteiger partial charge in [0.25, 0.3) is 18.1 Å². The normalized spacial score (nSPS) is 14.1. The van der Waals surface area contributed by atoms with Crippen molar-refractivity contribution in [3.63, 3.8) is 0 Å². The topological polar surface area (TPSA) is 136 Å². The van der Waals surface area contributed by atoms with E-state index in [0.29, 0.717) is 0 Å². The van der Waals surface area contributed by atoms with Gasteiger partial charge in [0.15, 0.2) is 0 Å². The standard InChI is InChI=1S/C17H26NO8PS/c1-13(19)18-10-7-11-28(23,24)25-12-17(2,3)15(16(20)21)27(22)26-14-8-5-4-6-9-14/h4-6,8-9,15,27H,7,10-12H2,1-3H3,(H,18,19)(H,20,21)/t15-/m0/s1. The lowest BCUT2D eigenvalue weighted by atomic mass is 9.90. The van der Waals surface area contributed by atoms with Gasteiger partial charge in [-0.15, -0.1) is 0 Å². The molecule has 0 aromatic heterocycles. The Bertz CT molecular complexity index is 795. The summed E-state index contributed by atoms with van der Waals surface area (Å²) in [4.78, 5) is 22.5. The molecule has 1 unspecified atom stereocenters. The van der Waals surface area contributed by atoms with Crippen LogP contribution < -0.4 is 9.84 Å². The fourth-order valence-electron chi connectivity index (χ4n) is 2.32. The number of benzene rings is 1. The molecule has 0 saturated carbocycles. The minimum atomic E-state index is -3.93. The van der Waals surface area contributed by atoms with Crippen LogP contribution in [0, 0.1) is 5.41 Å². The van der Waals surface area contributed by atoms with Crippen LogP contribution in [-0.4, -0.2) is 50.0 Å². The third-order valence-electron chi connectivity index (χ3n) is 3.78. The van der Waals surface area contributed by atoms with E-state index in [-0.39, 0.29) is 30.4 Å². The Morgan fingerprint density at radius 1 is 1.25 bits per heavy atom. The maximum absolute atomic E-state index is 12.5. The molecule has 0 bridgehead atoms. The van der Waals surface area contributed by atoms with Crippen molar-refractivity contribution in [1.82, 2.24) is 5.32 Å². The van der Waals surface area contributed by atoms with E-state index >= 15 is 0 Å². The van der Waals surface area contributed by atoms with Crippen molar-refractivity contribution < 1.29 is 36.4 Å². The lowest BCUT2D eigenvalue weighted by Crippen LogP contribution is -2.39. The van der Waals surface area contributed by atoms with Gasteiger partial charge >= 0.3 is 5.97 Å². The van der Waals surface area contributed by atoms with Gasteiger partial charge in [0, 0.05) is 18.9 Å². The maximum Gasteiger partial charge on any atom is 0.317 e. The Balaban J connectivity index is 2.73. The zero-order chi connectivity index (χ0) is 21.4. The van der Waals surface area contributed by atoms with Crippen molar-refractivity contribution in [3.8, 4) is 5.75 Å². The van der Waals surface area contributed by atoms with Crippen LogP contribution in [0.3, 0.4) is 0 Å². The molecule has 0 saturated heterocycles. The minimum absolute atomic E-state index is 0.151. The minimum Gasteiger partial charge on any atom is -0.481 e. The van der Waals surface area contributed by atoms with Gasteiger partial charge in [-0.2, -0.15) is 8.42 Å². The summed E-state index contributed by atoms with van der Waals surface area (Å²) < 4.78 is 46.7. The number of carbonyl (C=O) groups is 2. The molecule has 1 amide bonds. The number of aliphatic carboxylic acids is 1. The van der Waals surface area contributed by atoms with Gasteiger partial charge in [-0.05, 0) is 18.6 Å². The van der Waals surface area contributed by atoms with Crippen molar-refractivity contribution in [2.24, 2.45) is 5.41 Å². The van der Waals surface area contributed by atoms with Gasteiger partial charge in [0.2, 0.25) is 5.91 Å². The lowest BCUT2D eigenvalue weighted by molar-refractivity contribution is -0.139. The second-order valence-electron chi connectivity index (χ2n) is 6.85. The number of carboxylic acids is 1. The lowest BCUT2D eigenvalue weighted by Gasteiger charge is -2.30. The summed E-state index contributed by atoms with van der Waals surface area (Å²) in [6, 6.07) is 8.13. The molecule has 0 spiro atoms. The van der Waals surface area contributed by atoms with Gasteiger partial charge in [0.05, 0.1) is 12.4 Å². The number of rotatable bonds is 12. The smallest absolute Gasteiger partial charge is 0.317 e. The zero-order valence-electron chi connectivity index (χ0n) is 16.0. The summed E-state index contributed by atoms with van der Waals surface area (Å²) in [5, 5.41) is 12.0. The molecule has 0 fully saturated rings.